The van der Waals surface area contributed by atoms with Crippen molar-refractivity contribution in [2.24, 2.45) is 5.73 Å². The summed E-state index contributed by atoms with van der Waals surface area (Å²) in [6, 6.07) is 4.06. The van der Waals surface area contributed by atoms with Crippen LogP contribution in [-0.2, 0) is 0 Å². The van der Waals surface area contributed by atoms with Crippen molar-refractivity contribution in [3.63, 3.8) is 0 Å². The maximum Gasteiger partial charge on any atom is 0.0492 e. The zero-order valence-electron chi connectivity index (χ0n) is 11.6. The largest absolute Gasteiger partial charge is 0.322 e. The van der Waals surface area contributed by atoms with Crippen molar-refractivity contribution in [1.82, 2.24) is 9.88 Å². The van der Waals surface area contributed by atoms with E-state index in [9.17, 15) is 0 Å². The molecule has 0 aliphatic carbocycles. The number of aromatic nitrogens is 1. The molecular weight excluding hydrogens is 222 g/mol. The zero-order valence-corrected chi connectivity index (χ0v) is 11.6. The molecule has 2 heterocycles. The molecule has 1 atom stereocenters. The number of nitrogens with zero attached hydrogens (tertiary/aromatic N) is 2. The molecule has 0 aromatic carbocycles. The number of rotatable bonds is 3. The van der Waals surface area contributed by atoms with Crippen LogP contribution in [0.15, 0.2) is 24.5 Å². The summed E-state index contributed by atoms with van der Waals surface area (Å²) in [4.78, 5) is 6.74. The second-order valence-electron chi connectivity index (χ2n) is 5.82. The highest BCUT2D eigenvalue weighted by molar-refractivity contribution is 5.18. The molecule has 1 aliphatic rings. The lowest BCUT2D eigenvalue weighted by molar-refractivity contribution is 0.0979. The van der Waals surface area contributed by atoms with Gasteiger partial charge >= 0.3 is 0 Å². The van der Waals surface area contributed by atoms with Crippen LogP contribution in [0.1, 0.15) is 51.1 Å². The first-order valence-electron chi connectivity index (χ1n) is 7.03. The number of likely N-dealkylation sites (tertiary alicyclic amines) is 1. The molecule has 0 spiro atoms. The fourth-order valence-electron chi connectivity index (χ4n) is 2.81. The van der Waals surface area contributed by atoms with Crippen LogP contribution in [0.25, 0.3) is 0 Å². The fraction of sp³-hybridized carbons (Fsp3) is 0.667. The lowest BCUT2D eigenvalue weighted by Gasteiger charge is -2.42. The van der Waals surface area contributed by atoms with E-state index in [4.69, 9.17) is 5.73 Å². The molecule has 0 amide bonds. The molecule has 1 saturated heterocycles. The molecule has 0 bridgehead atoms. The SMILES string of the molecule is CC(C)(C(N)c1cccnc1)N1CCCCCC1. The topological polar surface area (TPSA) is 42.1 Å². The van der Waals surface area contributed by atoms with Gasteiger partial charge in [0.05, 0.1) is 0 Å². The summed E-state index contributed by atoms with van der Waals surface area (Å²) < 4.78 is 0. The standard InChI is InChI=1S/C15H25N3/c1-15(2,18-10-5-3-4-6-11-18)14(16)13-8-7-9-17-12-13/h7-9,12,14H,3-6,10-11,16H2,1-2H3. The summed E-state index contributed by atoms with van der Waals surface area (Å²) >= 11 is 0. The van der Waals surface area contributed by atoms with Crippen molar-refractivity contribution in [2.75, 3.05) is 13.1 Å². The van der Waals surface area contributed by atoms with Crippen LogP contribution in [0.3, 0.4) is 0 Å². The molecule has 2 rings (SSSR count). The first-order valence-corrected chi connectivity index (χ1v) is 7.03. The molecule has 2 N–H and O–H groups in total. The van der Waals surface area contributed by atoms with Gasteiger partial charge in [0, 0.05) is 24.0 Å². The Morgan fingerprint density at radius 1 is 1.22 bits per heavy atom. The van der Waals surface area contributed by atoms with Crippen LogP contribution in [0.2, 0.25) is 0 Å². The molecule has 100 valence electrons. The van der Waals surface area contributed by atoms with Crippen molar-refractivity contribution in [3.05, 3.63) is 30.1 Å². The van der Waals surface area contributed by atoms with Gasteiger partial charge in [0.2, 0.25) is 0 Å². The van der Waals surface area contributed by atoms with Crippen molar-refractivity contribution in [2.45, 2.75) is 51.1 Å². The smallest absolute Gasteiger partial charge is 0.0492 e. The fourth-order valence-corrected chi connectivity index (χ4v) is 2.81. The summed E-state index contributed by atoms with van der Waals surface area (Å²) in [5, 5.41) is 0. The Hall–Kier alpha value is -0.930. The molecule has 1 fully saturated rings. The third-order valence-electron chi connectivity index (χ3n) is 4.23. The van der Waals surface area contributed by atoms with E-state index >= 15 is 0 Å². The summed E-state index contributed by atoms with van der Waals surface area (Å²) in [7, 11) is 0. The summed E-state index contributed by atoms with van der Waals surface area (Å²) in [5.74, 6) is 0. The number of hydrogen-bond donors (Lipinski definition) is 1. The highest BCUT2D eigenvalue weighted by Crippen LogP contribution is 2.30. The van der Waals surface area contributed by atoms with Crippen LogP contribution >= 0.6 is 0 Å². The molecule has 1 aromatic heterocycles. The average molecular weight is 247 g/mol. The van der Waals surface area contributed by atoms with E-state index in [1.54, 1.807) is 6.20 Å². The lowest BCUT2D eigenvalue weighted by Crippen LogP contribution is -2.51. The van der Waals surface area contributed by atoms with Crippen molar-refractivity contribution < 1.29 is 0 Å². The summed E-state index contributed by atoms with van der Waals surface area (Å²) in [6.45, 7) is 6.86. The van der Waals surface area contributed by atoms with Gasteiger partial charge in [-0.3, -0.25) is 9.88 Å². The second kappa shape index (κ2) is 5.81. The van der Waals surface area contributed by atoms with Crippen molar-refractivity contribution >= 4 is 0 Å². The highest BCUT2D eigenvalue weighted by Gasteiger charge is 2.34. The molecule has 1 aliphatic heterocycles. The van der Waals surface area contributed by atoms with Gasteiger partial charge < -0.3 is 5.73 Å². The van der Waals surface area contributed by atoms with E-state index in [1.807, 2.05) is 12.3 Å². The van der Waals surface area contributed by atoms with Gasteiger partial charge in [-0.05, 0) is 51.4 Å². The van der Waals surface area contributed by atoms with Crippen LogP contribution in [0, 0.1) is 0 Å². The summed E-state index contributed by atoms with van der Waals surface area (Å²) in [6.07, 6.45) is 9.00. The Labute approximate surface area is 110 Å². The average Bonchev–Trinajstić information content (AvgIpc) is 2.68. The van der Waals surface area contributed by atoms with Gasteiger partial charge in [-0.2, -0.15) is 0 Å². The van der Waals surface area contributed by atoms with Crippen molar-refractivity contribution in [1.29, 1.82) is 0 Å². The maximum atomic E-state index is 6.47. The van der Waals surface area contributed by atoms with Gasteiger partial charge in [0.15, 0.2) is 0 Å². The van der Waals surface area contributed by atoms with E-state index in [0.717, 1.165) is 5.56 Å². The third kappa shape index (κ3) is 2.90. The quantitative estimate of drug-likeness (QED) is 0.893. The monoisotopic (exact) mass is 247 g/mol. The molecule has 3 heteroatoms. The van der Waals surface area contributed by atoms with Crippen LogP contribution in [-0.4, -0.2) is 28.5 Å². The van der Waals surface area contributed by atoms with Crippen molar-refractivity contribution in [3.8, 4) is 0 Å². The minimum absolute atomic E-state index is 0.00657. The van der Waals surface area contributed by atoms with Gasteiger partial charge in [-0.25, -0.2) is 0 Å². The number of nitrogens with two attached hydrogens (primary N) is 1. The van der Waals surface area contributed by atoms with E-state index < -0.39 is 0 Å². The lowest BCUT2D eigenvalue weighted by atomic mass is 9.88. The highest BCUT2D eigenvalue weighted by atomic mass is 15.2. The number of hydrogen-bond acceptors (Lipinski definition) is 3. The first kappa shape index (κ1) is 13.5. The molecule has 3 nitrogen and oxygen atoms in total. The predicted molar refractivity (Wildman–Crippen MR) is 75.3 cm³/mol. The van der Waals surface area contributed by atoms with Gasteiger partial charge in [0.25, 0.3) is 0 Å². The van der Waals surface area contributed by atoms with Gasteiger partial charge in [0.1, 0.15) is 0 Å². The van der Waals surface area contributed by atoms with Crippen LogP contribution in [0.5, 0.6) is 0 Å². The first-order chi connectivity index (χ1) is 8.62. The van der Waals surface area contributed by atoms with Crippen LogP contribution < -0.4 is 5.73 Å². The third-order valence-corrected chi connectivity index (χ3v) is 4.23. The Kier molecular flexibility index (Phi) is 4.36. The normalized spacial score (nSPS) is 20.4. The summed E-state index contributed by atoms with van der Waals surface area (Å²) in [5.41, 5.74) is 7.60. The predicted octanol–water partition coefficient (Wildman–Crippen LogP) is 2.74. The molecule has 1 unspecified atom stereocenters. The Morgan fingerprint density at radius 2 is 1.89 bits per heavy atom. The molecule has 0 saturated carbocycles. The Balaban J connectivity index is 2.13. The Morgan fingerprint density at radius 3 is 2.44 bits per heavy atom. The van der Waals surface area contributed by atoms with Gasteiger partial charge in [-0.1, -0.05) is 18.9 Å². The number of pyridine rings is 1. The molecular formula is C15H25N3. The maximum absolute atomic E-state index is 6.47. The molecule has 0 radical (unpaired) electrons. The second-order valence-corrected chi connectivity index (χ2v) is 5.82. The molecule has 1 aromatic rings. The van der Waals surface area contributed by atoms with Crippen LogP contribution in [0.4, 0.5) is 0 Å². The van der Waals surface area contributed by atoms with Gasteiger partial charge in [-0.15, -0.1) is 0 Å². The van der Waals surface area contributed by atoms with E-state index in [2.05, 4.69) is 29.8 Å². The van der Waals surface area contributed by atoms with E-state index in [0.29, 0.717) is 0 Å². The minimum atomic E-state index is -0.00657. The molecule has 18 heavy (non-hydrogen) atoms. The minimum Gasteiger partial charge on any atom is -0.322 e. The van der Waals surface area contributed by atoms with E-state index in [-0.39, 0.29) is 11.6 Å². The van der Waals surface area contributed by atoms with E-state index in [1.165, 1.54) is 38.8 Å². The zero-order chi connectivity index (χ0) is 13.0. The Bertz CT molecular complexity index is 353.